The van der Waals surface area contributed by atoms with Gasteiger partial charge in [0.1, 0.15) is 5.75 Å². The number of aryl methyl sites for hydroxylation is 1. The number of amidine groups is 1. The number of aromatic nitrogens is 1. The quantitative estimate of drug-likeness (QED) is 0.392. The lowest BCUT2D eigenvalue weighted by molar-refractivity contribution is -0.123. The van der Waals surface area contributed by atoms with Crippen LogP contribution < -0.4 is 4.74 Å². The van der Waals surface area contributed by atoms with Crippen LogP contribution in [0.1, 0.15) is 42.6 Å². The largest absolute Gasteiger partial charge is 0.497 e. The summed E-state index contributed by atoms with van der Waals surface area (Å²) in [5.74, 6) is 0.902. The van der Waals surface area contributed by atoms with Crippen molar-refractivity contribution in [2.45, 2.75) is 45.6 Å². The van der Waals surface area contributed by atoms with Gasteiger partial charge >= 0.3 is 0 Å². The number of carbonyl (C=O) groups excluding carboxylic acids is 1. The van der Waals surface area contributed by atoms with E-state index in [1.807, 2.05) is 53.4 Å². The van der Waals surface area contributed by atoms with Crippen LogP contribution in [-0.4, -0.2) is 33.7 Å². The summed E-state index contributed by atoms with van der Waals surface area (Å²) in [7, 11) is 1.67. The van der Waals surface area contributed by atoms with Crippen LogP contribution >= 0.6 is 11.8 Å². The van der Waals surface area contributed by atoms with Gasteiger partial charge in [-0.3, -0.25) is 9.69 Å². The van der Waals surface area contributed by atoms with Crippen molar-refractivity contribution in [3.8, 4) is 11.4 Å². The van der Waals surface area contributed by atoms with E-state index in [4.69, 9.17) is 9.73 Å². The number of carbonyl (C=O) groups is 1. The number of rotatable bonds is 5. The fourth-order valence-electron chi connectivity index (χ4n) is 4.87. The molecule has 174 valence electrons. The molecule has 1 aromatic heterocycles. The third-order valence-electron chi connectivity index (χ3n) is 6.60. The Kier molecular flexibility index (Phi) is 6.33. The summed E-state index contributed by atoms with van der Waals surface area (Å²) >= 11 is 1.49. The predicted molar refractivity (Wildman–Crippen MR) is 140 cm³/mol. The van der Waals surface area contributed by atoms with Crippen LogP contribution in [-0.2, 0) is 4.79 Å². The highest BCUT2D eigenvalue weighted by Gasteiger charge is 2.39. The molecule has 3 aromatic rings. The molecule has 6 heteroatoms. The van der Waals surface area contributed by atoms with E-state index in [9.17, 15) is 4.79 Å². The zero-order valence-corrected chi connectivity index (χ0v) is 20.6. The molecule has 1 aliphatic heterocycles. The number of methoxy groups -OCH3 is 1. The maximum atomic E-state index is 13.6. The summed E-state index contributed by atoms with van der Waals surface area (Å²) < 4.78 is 7.51. The number of para-hydroxylation sites is 1. The van der Waals surface area contributed by atoms with E-state index < -0.39 is 0 Å². The highest BCUT2D eigenvalue weighted by atomic mass is 32.2. The lowest BCUT2D eigenvalue weighted by Gasteiger charge is -2.22. The van der Waals surface area contributed by atoms with Gasteiger partial charge in [-0.1, -0.05) is 31.0 Å². The molecule has 0 bridgehead atoms. The maximum Gasteiger partial charge on any atom is 0.267 e. The van der Waals surface area contributed by atoms with Crippen LogP contribution in [0, 0.1) is 13.8 Å². The molecule has 0 atom stereocenters. The zero-order valence-electron chi connectivity index (χ0n) is 19.8. The Morgan fingerprint density at radius 3 is 2.41 bits per heavy atom. The van der Waals surface area contributed by atoms with Crippen molar-refractivity contribution in [1.82, 2.24) is 9.47 Å². The summed E-state index contributed by atoms with van der Waals surface area (Å²) in [6, 6.07) is 20.3. The van der Waals surface area contributed by atoms with Crippen molar-refractivity contribution in [3.63, 3.8) is 0 Å². The summed E-state index contributed by atoms with van der Waals surface area (Å²) in [4.78, 5) is 21.1. The summed E-state index contributed by atoms with van der Waals surface area (Å²) in [5, 5.41) is 0.790. The number of hydrogen-bond donors (Lipinski definition) is 0. The first-order valence-corrected chi connectivity index (χ1v) is 12.6. The molecule has 0 radical (unpaired) electrons. The second-order valence-corrected chi connectivity index (χ2v) is 9.82. The van der Waals surface area contributed by atoms with Crippen molar-refractivity contribution in [2.24, 2.45) is 4.99 Å². The molecule has 1 amide bonds. The Balaban J connectivity index is 1.51. The van der Waals surface area contributed by atoms with Gasteiger partial charge in [-0.05, 0) is 92.6 Å². The van der Waals surface area contributed by atoms with E-state index in [1.54, 1.807) is 7.11 Å². The van der Waals surface area contributed by atoms with Crippen molar-refractivity contribution in [3.05, 3.63) is 82.5 Å². The maximum absolute atomic E-state index is 13.6. The Hall–Kier alpha value is -3.25. The zero-order chi connectivity index (χ0) is 23.7. The minimum absolute atomic E-state index is 0.0702. The van der Waals surface area contributed by atoms with E-state index in [0.29, 0.717) is 0 Å². The third-order valence-corrected chi connectivity index (χ3v) is 7.58. The topological polar surface area (TPSA) is 46.8 Å². The molecule has 2 fully saturated rings. The molecule has 5 rings (SSSR count). The first kappa shape index (κ1) is 22.5. The smallest absolute Gasteiger partial charge is 0.267 e. The van der Waals surface area contributed by atoms with Gasteiger partial charge in [-0.15, -0.1) is 0 Å². The van der Waals surface area contributed by atoms with Crippen LogP contribution in [0.15, 0.2) is 70.6 Å². The molecule has 1 saturated heterocycles. The molecule has 0 spiro atoms. The number of ether oxygens (including phenoxy) is 1. The van der Waals surface area contributed by atoms with Gasteiger partial charge in [-0.25, -0.2) is 4.99 Å². The molecule has 2 aliphatic rings. The van der Waals surface area contributed by atoms with Crippen molar-refractivity contribution in [2.75, 3.05) is 7.11 Å². The summed E-state index contributed by atoms with van der Waals surface area (Å²) in [6.07, 6.45) is 6.45. The molecule has 5 nitrogen and oxygen atoms in total. The first-order chi connectivity index (χ1) is 16.5. The van der Waals surface area contributed by atoms with E-state index in [-0.39, 0.29) is 11.9 Å². The Bertz CT molecular complexity index is 1250. The summed E-state index contributed by atoms with van der Waals surface area (Å²) in [5.41, 5.74) is 5.22. The Morgan fingerprint density at radius 1 is 1.03 bits per heavy atom. The molecule has 2 heterocycles. The molecule has 2 aromatic carbocycles. The Morgan fingerprint density at radius 2 is 1.74 bits per heavy atom. The minimum atomic E-state index is 0.0702. The van der Waals surface area contributed by atoms with Gasteiger partial charge in [0.15, 0.2) is 5.17 Å². The van der Waals surface area contributed by atoms with Crippen molar-refractivity contribution in [1.29, 1.82) is 0 Å². The lowest BCUT2D eigenvalue weighted by Crippen LogP contribution is -2.37. The van der Waals surface area contributed by atoms with Crippen LogP contribution in [0.25, 0.3) is 11.8 Å². The number of benzene rings is 2. The molecule has 1 saturated carbocycles. The van der Waals surface area contributed by atoms with Crippen LogP contribution in [0.4, 0.5) is 5.69 Å². The van der Waals surface area contributed by atoms with E-state index in [2.05, 4.69) is 36.6 Å². The minimum Gasteiger partial charge on any atom is -0.497 e. The average molecular weight is 472 g/mol. The number of hydrogen-bond acceptors (Lipinski definition) is 4. The standard InChI is InChI=1S/C28H29N3O2S/c1-19-17-21(20(2)30(19)24-13-15-25(33-3)16-14-24)18-26-27(32)31(23-11-7-8-12-23)28(34-26)29-22-9-5-4-6-10-22/h4-6,9-10,13-18,23H,7-8,11-12H2,1-3H3/b26-18+,29-28?. The highest BCUT2D eigenvalue weighted by molar-refractivity contribution is 8.18. The second kappa shape index (κ2) is 9.55. The second-order valence-electron chi connectivity index (χ2n) is 8.81. The average Bonchev–Trinajstić information content (AvgIpc) is 3.54. The van der Waals surface area contributed by atoms with Gasteiger partial charge in [0.25, 0.3) is 5.91 Å². The SMILES string of the molecule is COc1ccc(-n2c(C)cc(/C=C3/SC(=Nc4ccccc4)N(C4CCCC4)C3=O)c2C)cc1. The fourth-order valence-corrected chi connectivity index (χ4v) is 5.92. The Labute approximate surface area is 205 Å². The van der Waals surface area contributed by atoms with Crippen LogP contribution in [0.2, 0.25) is 0 Å². The first-order valence-electron chi connectivity index (χ1n) is 11.8. The predicted octanol–water partition coefficient (Wildman–Crippen LogP) is 6.65. The molecular formula is C28H29N3O2S. The van der Waals surface area contributed by atoms with Crippen LogP contribution in [0.3, 0.4) is 0 Å². The number of aliphatic imine (C=N–C) groups is 1. The normalized spacial score (nSPS) is 19.0. The molecule has 34 heavy (non-hydrogen) atoms. The highest BCUT2D eigenvalue weighted by Crippen LogP contribution is 2.39. The van der Waals surface area contributed by atoms with Crippen LogP contribution in [0.5, 0.6) is 5.75 Å². The van der Waals surface area contributed by atoms with Crippen molar-refractivity contribution >= 4 is 34.6 Å². The van der Waals surface area contributed by atoms with Gasteiger partial charge < -0.3 is 9.30 Å². The monoisotopic (exact) mass is 471 g/mol. The van der Waals surface area contributed by atoms with Gasteiger partial charge in [0.2, 0.25) is 0 Å². The van der Waals surface area contributed by atoms with Gasteiger partial charge in [0.05, 0.1) is 17.7 Å². The molecule has 0 unspecified atom stereocenters. The summed E-state index contributed by atoms with van der Waals surface area (Å²) in [6.45, 7) is 4.19. The number of amides is 1. The van der Waals surface area contributed by atoms with Gasteiger partial charge in [0, 0.05) is 23.1 Å². The van der Waals surface area contributed by atoms with E-state index in [1.165, 1.54) is 24.6 Å². The van der Waals surface area contributed by atoms with Crippen molar-refractivity contribution < 1.29 is 9.53 Å². The number of thioether (sulfide) groups is 1. The van der Waals surface area contributed by atoms with E-state index in [0.717, 1.165) is 57.0 Å². The molecular weight excluding hydrogens is 442 g/mol. The number of nitrogens with zero attached hydrogens (tertiary/aromatic N) is 3. The molecule has 0 N–H and O–H groups in total. The third kappa shape index (κ3) is 4.30. The lowest BCUT2D eigenvalue weighted by atomic mass is 10.2. The molecule has 1 aliphatic carbocycles. The fraction of sp³-hybridized carbons (Fsp3) is 0.286. The van der Waals surface area contributed by atoms with E-state index >= 15 is 0 Å². The van der Waals surface area contributed by atoms with Gasteiger partial charge in [-0.2, -0.15) is 0 Å².